The average Bonchev–Trinajstić information content (AvgIpc) is 2.57. The van der Waals surface area contributed by atoms with Crippen LogP contribution in [0.4, 0.5) is 13.2 Å². The monoisotopic (exact) mass is 335 g/mol. The van der Waals surface area contributed by atoms with Gasteiger partial charge in [-0.05, 0) is 35.9 Å². The van der Waals surface area contributed by atoms with Gasteiger partial charge in [0.1, 0.15) is 12.4 Å². The number of benzene rings is 2. The molecule has 2 rings (SSSR count). The van der Waals surface area contributed by atoms with Crippen LogP contribution in [0.25, 0.3) is 6.08 Å². The number of carbonyl (C=O) groups excluding carboxylic acids is 1. The molecule has 2 aromatic rings. The third-order valence-electron chi connectivity index (χ3n) is 3.08. The van der Waals surface area contributed by atoms with Crippen molar-refractivity contribution >= 4 is 12.0 Å². The zero-order chi connectivity index (χ0) is 17.4. The first kappa shape index (κ1) is 17.6. The topological polar surface area (TPSA) is 38.3 Å². The number of para-hydroxylation sites is 1. The van der Waals surface area contributed by atoms with Crippen molar-refractivity contribution in [3.63, 3.8) is 0 Å². The first-order valence-corrected chi connectivity index (χ1v) is 7.26. The number of amides is 1. The molecule has 1 N–H and O–H groups in total. The maximum absolute atomic E-state index is 12.4. The smallest absolute Gasteiger partial charge is 0.416 e. The summed E-state index contributed by atoms with van der Waals surface area (Å²) < 4.78 is 42.7. The van der Waals surface area contributed by atoms with Crippen LogP contribution < -0.4 is 10.1 Å². The molecule has 0 aliphatic heterocycles. The van der Waals surface area contributed by atoms with Crippen molar-refractivity contribution < 1.29 is 22.7 Å². The highest BCUT2D eigenvalue weighted by Crippen LogP contribution is 2.29. The molecule has 0 radical (unpaired) electrons. The molecule has 3 nitrogen and oxygen atoms in total. The molecule has 0 fully saturated rings. The van der Waals surface area contributed by atoms with Crippen molar-refractivity contribution in [3.8, 4) is 5.75 Å². The lowest BCUT2D eigenvalue weighted by Crippen LogP contribution is -2.26. The van der Waals surface area contributed by atoms with Crippen LogP contribution in [0.5, 0.6) is 5.75 Å². The lowest BCUT2D eigenvalue weighted by Gasteiger charge is -2.06. The summed E-state index contributed by atoms with van der Waals surface area (Å²) in [5.41, 5.74) is -0.208. The molecule has 0 aromatic heterocycles. The van der Waals surface area contributed by atoms with E-state index < -0.39 is 11.7 Å². The minimum atomic E-state index is -4.36. The zero-order valence-electron chi connectivity index (χ0n) is 12.7. The summed E-state index contributed by atoms with van der Waals surface area (Å²) >= 11 is 0. The highest BCUT2D eigenvalue weighted by Gasteiger charge is 2.29. The van der Waals surface area contributed by atoms with Crippen molar-refractivity contribution in [1.29, 1.82) is 0 Å². The predicted octanol–water partition coefficient (Wildman–Crippen LogP) is 3.91. The molecule has 0 spiro atoms. The van der Waals surface area contributed by atoms with Gasteiger partial charge in [0.25, 0.3) is 0 Å². The molecule has 6 heteroatoms. The van der Waals surface area contributed by atoms with Crippen LogP contribution in [-0.2, 0) is 11.0 Å². The molecular weight excluding hydrogens is 319 g/mol. The molecule has 0 atom stereocenters. The normalized spacial score (nSPS) is 11.5. The highest BCUT2D eigenvalue weighted by molar-refractivity contribution is 5.91. The second kappa shape index (κ2) is 8.19. The number of carbonyl (C=O) groups is 1. The van der Waals surface area contributed by atoms with Crippen molar-refractivity contribution in [1.82, 2.24) is 5.32 Å². The number of rotatable bonds is 6. The maximum atomic E-state index is 12.4. The van der Waals surface area contributed by atoms with E-state index in [-0.39, 0.29) is 5.91 Å². The van der Waals surface area contributed by atoms with Crippen molar-refractivity contribution in [3.05, 3.63) is 71.8 Å². The second-order valence-corrected chi connectivity index (χ2v) is 4.91. The Labute approximate surface area is 137 Å². The quantitative estimate of drug-likeness (QED) is 0.642. The Hall–Kier alpha value is -2.76. The molecular formula is C18H16F3NO2. The van der Waals surface area contributed by atoms with Crippen LogP contribution in [0.1, 0.15) is 11.1 Å². The molecule has 0 saturated carbocycles. The van der Waals surface area contributed by atoms with Gasteiger partial charge in [0.2, 0.25) is 5.91 Å². The third-order valence-corrected chi connectivity index (χ3v) is 3.08. The summed E-state index contributed by atoms with van der Waals surface area (Å²) in [7, 11) is 0. The lowest BCUT2D eigenvalue weighted by atomic mass is 10.1. The average molecular weight is 335 g/mol. The van der Waals surface area contributed by atoms with E-state index in [0.717, 1.165) is 12.1 Å². The molecule has 1 amide bonds. The van der Waals surface area contributed by atoms with Crippen LogP contribution in [0.2, 0.25) is 0 Å². The van der Waals surface area contributed by atoms with E-state index in [1.54, 1.807) is 0 Å². The molecule has 0 bridgehead atoms. The van der Waals surface area contributed by atoms with Gasteiger partial charge in [-0.2, -0.15) is 13.2 Å². The molecule has 0 saturated heterocycles. The Bertz CT molecular complexity index is 680. The number of hydrogen-bond acceptors (Lipinski definition) is 2. The van der Waals surface area contributed by atoms with Gasteiger partial charge in [0.05, 0.1) is 12.1 Å². The van der Waals surface area contributed by atoms with Crippen LogP contribution in [0.3, 0.4) is 0 Å². The SMILES string of the molecule is O=C(/C=C/c1ccc(C(F)(F)F)cc1)NCCOc1ccccc1. The molecule has 126 valence electrons. The number of nitrogens with one attached hydrogen (secondary N) is 1. The summed E-state index contributed by atoms with van der Waals surface area (Å²) in [5.74, 6) is 0.374. The van der Waals surface area contributed by atoms with E-state index in [1.807, 2.05) is 30.3 Å². The van der Waals surface area contributed by atoms with Crippen LogP contribution in [0.15, 0.2) is 60.7 Å². The van der Waals surface area contributed by atoms with Gasteiger partial charge in [0, 0.05) is 6.08 Å². The number of alkyl halides is 3. The van der Waals surface area contributed by atoms with Gasteiger partial charge in [-0.25, -0.2) is 0 Å². The summed E-state index contributed by atoms with van der Waals surface area (Å²) in [6.45, 7) is 0.648. The number of hydrogen-bond donors (Lipinski definition) is 1. The third kappa shape index (κ3) is 5.79. The first-order valence-electron chi connectivity index (χ1n) is 7.26. The summed E-state index contributed by atoms with van der Waals surface area (Å²) in [4.78, 5) is 11.6. The Balaban J connectivity index is 1.74. The van der Waals surface area contributed by atoms with Crippen molar-refractivity contribution in [2.75, 3.05) is 13.2 Å². The molecule has 0 aliphatic carbocycles. The minimum absolute atomic E-state index is 0.323. The fourth-order valence-electron chi connectivity index (χ4n) is 1.87. The maximum Gasteiger partial charge on any atom is 0.416 e. The molecule has 0 unspecified atom stereocenters. The van der Waals surface area contributed by atoms with E-state index in [9.17, 15) is 18.0 Å². The van der Waals surface area contributed by atoms with Gasteiger partial charge in [0.15, 0.2) is 0 Å². The highest BCUT2D eigenvalue weighted by atomic mass is 19.4. The van der Waals surface area contributed by atoms with E-state index in [0.29, 0.717) is 24.5 Å². The molecule has 24 heavy (non-hydrogen) atoms. The first-order chi connectivity index (χ1) is 11.4. The van der Waals surface area contributed by atoms with Gasteiger partial charge in [-0.3, -0.25) is 4.79 Å². The Morgan fingerprint density at radius 1 is 1.04 bits per heavy atom. The number of halogens is 3. The van der Waals surface area contributed by atoms with E-state index >= 15 is 0 Å². The fraction of sp³-hybridized carbons (Fsp3) is 0.167. The van der Waals surface area contributed by atoms with Crippen molar-refractivity contribution in [2.24, 2.45) is 0 Å². The second-order valence-electron chi connectivity index (χ2n) is 4.91. The van der Waals surface area contributed by atoms with Gasteiger partial charge in [-0.15, -0.1) is 0 Å². The summed E-state index contributed by atoms with van der Waals surface area (Å²) in [6.07, 6.45) is -1.64. The molecule has 0 aliphatic rings. The fourth-order valence-corrected chi connectivity index (χ4v) is 1.87. The summed E-state index contributed by atoms with van der Waals surface area (Å²) in [6, 6.07) is 13.8. The van der Waals surface area contributed by atoms with E-state index in [1.165, 1.54) is 24.3 Å². The Morgan fingerprint density at radius 3 is 2.33 bits per heavy atom. The number of ether oxygens (including phenoxy) is 1. The minimum Gasteiger partial charge on any atom is -0.492 e. The van der Waals surface area contributed by atoms with Crippen molar-refractivity contribution in [2.45, 2.75) is 6.18 Å². The van der Waals surface area contributed by atoms with Gasteiger partial charge < -0.3 is 10.1 Å². The zero-order valence-corrected chi connectivity index (χ0v) is 12.7. The predicted molar refractivity (Wildman–Crippen MR) is 85.4 cm³/mol. The van der Waals surface area contributed by atoms with Gasteiger partial charge >= 0.3 is 6.18 Å². The molecule has 2 aromatic carbocycles. The molecule has 0 heterocycles. The standard InChI is InChI=1S/C18H16F3NO2/c19-18(20,21)15-9-6-14(7-10-15)8-11-17(23)22-12-13-24-16-4-2-1-3-5-16/h1-11H,12-13H2,(H,22,23)/b11-8+. The van der Waals surface area contributed by atoms with E-state index in [2.05, 4.69) is 5.32 Å². The van der Waals surface area contributed by atoms with E-state index in [4.69, 9.17) is 4.74 Å². The summed E-state index contributed by atoms with van der Waals surface area (Å²) in [5, 5.41) is 2.63. The van der Waals surface area contributed by atoms with Crippen LogP contribution in [0, 0.1) is 0 Å². The van der Waals surface area contributed by atoms with Crippen LogP contribution in [-0.4, -0.2) is 19.1 Å². The largest absolute Gasteiger partial charge is 0.492 e. The van der Waals surface area contributed by atoms with Gasteiger partial charge in [-0.1, -0.05) is 30.3 Å². The Kier molecular flexibility index (Phi) is 6.01. The Morgan fingerprint density at radius 2 is 1.71 bits per heavy atom. The lowest BCUT2D eigenvalue weighted by molar-refractivity contribution is -0.137. The van der Waals surface area contributed by atoms with Crippen LogP contribution >= 0.6 is 0 Å².